The Morgan fingerprint density at radius 1 is 0.789 bits per heavy atom. The van der Waals surface area contributed by atoms with Gasteiger partial charge in [0, 0.05) is 17.3 Å². The lowest BCUT2D eigenvalue weighted by Gasteiger charge is -2.13. The lowest BCUT2D eigenvalue weighted by atomic mass is 10.1. The molecule has 1 heterocycles. The monoisotopic (exact) mass is 516 g/mol. The molecule has 4 rings (SSSR count). The molecule has 1 aromatic heterocycles. The predicted octanol–water partition coefficient (Wildman–Crippen LogP) is 4.77. The van der Waals surface area contributed by atoms with Gasteiger partial charge >= 0.3 is 5.69 Å². The SMILES string of the molecule is COc1ccc(-c2c[nH]c(=O)n2-c2cccc(C(=O)C=Cc3cc(OC)c(OC)c(OC)c3)c2)cc1OC. The van der Waals surface area contributed by atoms with Crippen LogP contribution in [-0.2, 0) is 0 Å². The number of allylic oxidation sites excluding steroid dienone is 1. The van der Waals surface area contributed by atoms with E-state index in [1.54, 1.807) is 75.0 Å². The van der Waals surface area contributed by atoms with Crippen molar-refractivity contribution in [1.29, 1.82) is 0 Å². The summed E-state index contributed by atoms with van der Waals surface area (Å²) >= 11 is 0. The maximum atomic E-state index is 13.1. The van der Waals surface area contributed by atoms with Crippen molar-refractivity contribution in [1.82, 2.24) is 9.55 Å². The van der Waals surface area contributed by atoms with Crippen molar-refractivity contribution in [2.24, 2.45) is 0 Å². The van der Waals surface area contributed by atoms with Crippen molar-refractivity contribution in [2.45, 2.75) is 0 Å². The standard InChI is InChI=1S/C29H28N2O7/c1-34-24-12-10-19(16-25(24)35-2)22-17-30-29(33)31(22)21-8-6-7-20(15-21)23(32)11-9-18-13-26(36-3)28(38-5)27(14-18)37-4/h6-17H,1-5H3,(H,30,33). The number of ketones is 1. The van der Waals surface area contributed by atoms with Crippen LogP contribution in [0.15, 0.2) is 71.7 Å². The van der Waals surface area contributed by atoms with E-state index in [1.165, 1.54) is 32.0 Å². The second kappa shape index (κ2) is 11.4. The molecule has 0 aliphatic carbocycles. The number of benzene rings is 3. The largest absolute Gasteiger partial charge is 0.493 e. The number of methoxy groups -OCH3 is 5. The van der Waals surface area contributed by atoms with Crippen LogP contribution in [-0.4, -0.2) is 50.9 Å². The van der Waals surface area contributed by atoms with E-state index in [-0.39, 0.29) is 11.5 Å². The summed E-state index contributed by atoms with van der Waals surface area (Å²) in [6, 6.07) is 15.7. The topological polar surface area (TPSA) is 101 Å². The van der Waals surface area contributed by atoms with Gasteiger partial charge in [-0.15, -0.1) is 0 Å². The zero-order valence-corrected chi connectivity index (χ0v) is 21.7. The van der Waals surface area contributed by atoms with Gasteiger partial charge in [-0.25, -0.2) is 4.79 Å². The van der Waals surface area contributed by atoms with Crippen molar-refractivity contribution in [3.05, 3.63) is 88.5 Å². The highest BCUT2D eigenvalue weighted by atomic mass is 16.5. The van der Waals surface area contributed by atoms with Crippen LogP contribution in [0, 0.1) is 0 Å². The summed E-state index contributed by atoms with van der Waals surface area (Å²) in [5.41, 5.74) is 2.65. The molecule has 0 fully saturated rings. The average Bonchev–Trinajstić information content (AvgIpc) is 3.35. The van der Waals surface area contributed by atoms with Crippen molar-refractivity contribution < 1.29 is 28.5 Å². The minimum absolute atomic E-state index is 0.239. The van der Waals surface area contributed by atoms with Crippen LogP contribution in [0.25, 0.3) is 23.0 Å². The number of hydrogen-bond acceptors (Lipinski definition) is 7. The Bertz CT molecular complexity index is 1520. The normalized spacial score (nSPS) is 10.9. The van der Waals surface area contributed by atoms with E-state index in [0.29, 0.717) is 51.3 Å². The Balaban J connectivity index is 1.67. The second-order valence-electron chi connectivity index (χ2n) is 8.09. The Labute approximate surface area is 219 Å². The number of rotatable bonds is 10. The summed E-state index contributed by atoms with van der Waals surface area (Å²) < 4.78 is 28.3. The Morgan fingerprint density at radius 2 is 1.47 bits per heavy atom. The molecule has 0 bridgehead atoms. The molecule has 0 aliphatic rings. The van der Waals surface area contributed by atoms with Gasteiger partial charge in [0.2, 0.25) is 5.75 Å². The maximum absolute atomic E-state index is 13.1. The van der Waals surface area contributed by atoms with Gasteiger partial charge in [-0.2, -0.15) is 0 Å². The molecule has 1 N–H and O–H groups in total. The van der Waals surface area contributed by atoms with Gasteiger partial charge in [0.15, 0.2) is 28.8 Å². The van der Waals surface area contributed by atoms with Crippen molar-refractivity contribution in [3.63, 3.8) is 0 Å². The van der Waals surface area contributed by atoms with E-state index in [1.807, 2.05) is 6.07 Å². The van der Waals surface area contributed by atoms with Crippen LogP contribution in [0.4, 0.5) is 0 Å². The number of imidazole rings is 1. The first-order valence-electron chi connectivity index (χ1n) is 11.6. The fraction of sp³-hybridized carbons (Fsp3) is 0.172. The van der Waals surface area contributed by atoms with Gasteiger partial charge in [-0.3, -0.25) is 9.36 Å². The predicted molar refractivity (Wildman–Crippen MR) is 144 cm³/mol. The van der Waals surface area contributed by atoms with E-state index < -0.39 is 0 Å². The number of aromatic nitrogens is 2. The zero-order chi connectivity index (χ0) is 27.2. The number of aromatic amines is 1. The molecule has 0 spiro atoms. The van der Waals surface area contributed by atoms with Gasteiger partial charge in [0.05, 0.1) is 46.9 Å². The van der Waals surface area contributed by atoms with Crippen molar-refractivity contribution in [2.75, 3.05) is 35.5 Å². The van der Waals surface area contributed by atoms with Crippen LogP contribution in [0.1, 0.15) is 15.9 Å². The third-order valence-electron chi connectivity index (χ3n) is 5.96. The second-order valence-corrected chi connectivity index (χ2v) is 8.09. The van der Waals surface area contributed by atoms with Gasteiger partial charge < -0.3 is 28.7 Å². The van der Waals surface area contributed by atoms with Crippen molar-refractivity contribution >= 4 is 11.9 Å². The lowest BCUT2D eigenvalue weighted by molar-refractivity contribution is 0.104. The number of H-pyrrole nitrogens is 1. The third kappa shape index (κ3) is 5.12. The number of nitrogens with one attached hydrogen (secondary N) is 1. The molecular formula is C29H28N2O7. The zero-order valence-electron chi connectivity index (χ0n) is 21.7. The first kappa shape index (κ1) is 26.2. The lowest BCUT2D eigenvalue weighted by Crippen LogP contribution is -2.16. The molecule has 9 nitrogen and oxygen atoms in total. The molecule has 9 heteroatoms. The maximum Gasteiger partial charge on any atom is 0.330 e. The molecule has 0 amide bonds. The molecule has 0 aliphatic heterocycles. The van der Waals surface area contributed by atoms with Gasteiger partial charge in [0.25, 0.3) is 0 Å². The number of hydrogen-bond donors (Lipinski definition) is 1. The molecule has 0 unspecified atom stereocenters. The fourth-order valence-electron chi connectivity index (χ4n) is 4.10. The molecular weight excluding hydrogens is 488 g/mol. The quantitative estimate of drug-likeness (QED) is 0.239. The van der Waals surface area contributed by atoms with Crippen LogP contribution in [0.5, 0.6) is 28.7 Å². The summed E-state index contributed by atoms with van der Waals surface area (Å²) in [6.45, 7) is 0. The first-order chi connectivity index (χ1) is 18.4. The molecule has 3 aromatic carbocycles. The molecule has 0 saturated carbocycles. The Hall–Kier alpha value is -4.92. The minimum atomic E-state index is -0.340. The number of carbonyl (C=O) groups is 1. The van der Waals surface area contributed by atoms with E-state index in [9.17, 15) is 9.59 Å². The van der Waals surface area contributed by atoms with Crippen LogP contribution in [0.2, 0.25) is 0 Å². The summed E-state index contributed by atoms with van der Waals surface area (Å²) in [5.74, 6) is 2.30. The summed E-state index contributed by atoms with van der Waals surface area (Å²) in [6.07, 6.45) is 4.73. The fourth-order valence-corrected chi connectivity index (χ4v) is 4.10. The molecule has 38 heavy (non-hydrogen) atoms. The van der Waals surface area contributed by atoms with Crippen LogP contribution >= 0.6 is 0 Å². The molecule has 4 aromatic rings. The Kier molecular flexibility index (Phi) is 7.86. The Morgan fingerprint density at radius 3 is 2.11 bits per heavy atom. The van der Waals surface area contributed by atoms with Crippen molar-refractivity contribution in [3.8, 4) is 45.7 Å². The van der Waals surface area contributed by atoms with E-state index in [4.69, 9.17) is 23.7 Å². The molecule has 0 saturated heterocycles. The van der Waals surface area contributed by atoms with E-state index in [0.717, 1.165) is 5.56 Å². The van der Waals surface area contributed by atoms with Crippen LogP contribution in [0.3, 0.4) is 0 Å². The number of ether oxygens (including phenoxy) is 5. The van der Waals surface area contributed by atoms with Gasteiger partial charge in [0.1, 0.15) is 0 Å². The summed E-state index contributed by atoms with van der Waals surface area (Å²) in [7, 11) is 7.69. The highest BCUT2D eigenvalue weighted by Gasteiger charge is 2.15. The van der Waals surface area contributed by atoms with Gasteiger partial charge in [-0.1, -0.05) is 18.2 Å². The van der Waals surface area contributed by atoms with Crippen LogP contribution < -0.4 is 29.4 Å². The highest BCUT2D eigenvalue weighted by Crippen LogP contribution is 2.38. The molecule has 0 radical (unpaired) electrons. The smallest absolute Gasteiger partial charge is 0.330 e. The van der Waals surface area contributed by atoms with Gasteiger partial charge in [-0.05, 0) is 54.1 Å². The number of nitrogens with zero attached hydrogens (tertiary/aromatic N) is 1. The van der Waals surface area contributed by atoms with E-state index in [2.05, 4.69) is 4.98 Å². The average molecular weight is 517 g/mol. The first-order valence-corrected chi connectivity index (χ1v) is 11.6. The summed E-state index contributed by atoms with van der Waals surface area (Å²) in [5, 5.41) is 0. The number of carbonyl (C=O) groups excluding carboxylic acids is 1. The minimum Gasteiger partial charge on any atom is -0.493 e. The highest BCUT2D eigenvalue weighted by molar-refractivity contribution is 6.07. The molecule has 0 atom stereocenters. The third-order valence-corrected chi connectivity index (χ3v) is 5.96. The summed E-state index contributed by atoms with van der Waals surface area (Å²) in [4.78, 5) is 28.6. The van der Waals surface area contributed by atoms with E-state index >= 15 is 0 Å². The molecule has 196 valence electrons.